The van der Waals surface area contributed by atoms with Crippen LogP contribution in [0.15, 0.2) is 97.1 Å². The van der Waals surface area contributed by atoms with Crippen LogP contribution in [0.1, 0.15) is 46.2 Å². The number of rotatable bonds is 8. The summed E-state index contributed by atoms with van der Waals surface area (Å²) < 4.78 is 11.9. The number of hydrogen-bond acceptors (Lipinski definition) is 2. The fraction of sp³-hybridized carbons (Fsp3) is 0.200. The molecule has 0 bridgehead atoms. The summed E-state index contributed by atoms with van der Waals surface area (Å²) in [5, 5.41) is 0. The van der Waals surface area contributed by atoms with Crippen LogP contribution in [0.3, 0.4) is 0 Å². The summed E-state index contributed by atoms with van der Waals surface area (Å²) >= 11 is 0. The number of hydrogen-bond donors (Lipinski definition) is 0. The van der Waals surface area contributed by atoms with Crippen LogP contribution in [0, 0.1) is 13.8 Å². The largest absolute Gasteiger partial charge is 0.489 e. The monoisotopic (exact) mass is 422 g/mol. The summed E-state index contributed by atoms with van der Waals surface area (Å²) in [6, 6.07) is 33.7. The molecule has 162 valence electrons. The molecule has 2 heteroatoms. The predicted octanol–water partition coefficient (Wildman–Crippen LogP) is 7.61. The molecule has 0 aliphatic carbocycles. The summed E-state index contributed by atoms with van der Waals surface area (Å²) in [6.45, 7) is 7.58. The van der Waals surface area contributed by atoms with E-state index in [-0.39, 0.29) is 0 Å². The lowest BCUT2D eigenvalue weighted by atomic mass is 9.93. The quantitative estimate of drug-likeness (QED) is 0.291. The maximum Gasteiger partial charge on any atom is 0.119 e. The average Bonchev–Trinajstić information content (AvgIpc) is 2.83. The van der Waals surface area contributed by atoms with Gasteiger partial charge in [0.1, 0.15) is 24.7 Å². The van der Waals surface area contributed by atoms with Gasteiger partial charge in [0.15, 0.2) is 0 Å². The molecule has 0 aliphatic rings. The standard InChI is InChI=1S/C30H30O2/c1-22-4-8-25(9-5-22)20-31-29-16-12-27(13-17-29)24(3)28-14-18-30(19-15-28)32-21-26-10-6-23(2)7-11-26/h4-19,24H,20-21H2,1-3H3. The van der Waals surface area contributed by atoms with Crippen LogP contribution in [0.25, 0.3) is 0 Å². The van der Waals surface area contributed by atoms with E-state index in [1.807, 2.05) is 0 Å². The predicted molar refractivity (Wildman–Crippen MR) is 131 cm³/mol. The van der Waals surface area contributed by atoms with Crippen LogP contribution in [0.4, 0.5) is 0 Å². The summed E-state index contributed by atoms with van der Waals surface area (Å²) in [7, 11) is 0. The Bertz CT molecular complexity index is 1020. The molecule has 0 aromatic heterocycles. The molecule has 0 N–H and O–H groups in total. The van der Waals surface area contributed by atoms with Crippen LogP contribution in [-0.2, 0) is 13.2 Å². The molecule has 0 saturated carbocycles. The number of benzene rings is 4. The molecule has 0 heterocycles. The molecule has 4 aromatic carbocycles. The second-order valence-electron chi connectivity index (χ2n) is 8.41. The molecule has 2 nitrogen and oxygen atoms in total. The highest BCUT2D eigenvalue weighted by Crippen LogP contribution is 2.27. The Morgan fingerprint density at radius 2 is 0.844 bits per heavy atom. The van der Waals surface area contributed by atoms with Crippen molar-refractivity contribution >= 4 is 0 Å². The van der Waals surface area contributed by atoms with Gasteiger partial charge < -0.3 is 9.47 Å². The highest BCUT2D eigenvalue weighted by molar-refractivity contribution is 5.38. The third kappa shape index (κ3) is 5.79. The van der Waals surface area contributed by atoms with E-state index < -0.39 is 0 Å². The number of aryl methyl sites for hydroxylation is 2. The first-order chi connectivity index (χ1) is 15.6. The molecule has 4 rings (SSSR count). The Kier molecular flexibility index (Phi) is 6.91. The van der Waals surface area contributed by atoms with Crippen molar-refractivity contribution in [3.63, 3.8) is 0 Å². The second kappa shape index (κ2) is 10.2. The van der Waals surface area contributed by atoms with Crippen LogP contribution >= 0.6 is 0 Å². The first kappa shape index (κ1) is 21.7. The molecule has 0 atom stereocenters. The minimum absolute atomic E-state index is 0.298. The van der Waals surface area contributed by atoms with Gasteiger partial charge in [0.05, 0.1) is 0 Å². The van der Waals surface area contributed by atoms with Gasteiger partial charge in [-0.2, -0.15) is 0 Å². The Labute approximate surface area is 191 Å². The van der Waals surface area contributed by atoms with Gasteiger partial charge in [-0.15, -0.1) is 0 Å². The van der Waals surface area contributed by atoms with Crippen LogP contribution in [0.2, 0.25) is 0 Å². The Hall–Kier alpha value is -3.52. The van der Waals surface area contributed by atoms with Crippen molar-refractivity contribution in [1.82, 2.24) is 0 Å². The van der Waals surface area contributed by atoms with E-state index in [4.69, 9.17) is 9.47 Å². The molecule has 0 fully saturated rings. The van der Waals surface area contributed by atoms with Gasteiger partial charge in [-0.05, 0) is 60.4 Å². The van der Waals surface area contributed by atoms with E-state index in [9.17, 15) is 0 Å². The summed E-state index contributed by atoms with van der Waals surface area (Å²) in [6.07, 6.45) is 0. The summed E-state index contributed by atoms with van der Waals surface area (Å²) in [4.78, 5) is 0. The van der Waals surface area contributed by atoms with Crippen LogP contribution < -0.4 is 9.47 Å². The Balaban J connectivity index is 1.32. The van der Waals surface area contributed by atoms with Gasteiger partial charge in [-0.3, -0.25) is 0 Å². The lowest BCUT2D eigenvalue weighted by Gasteiger charge is -2.15. The van der Waals surface area contributed by atoms with Crippen molar-refractivity contribution in [2.45, 2.75) is 39.9 Å². The molecule has 0 radical (unpaired) electrons. The van der Waals surface area contributed by atoms with Gasteiger partial charge in [0.25, 0.3) is 0 Å². The van der Waals surface area contributed by atoms with Gasteiger partial charge in [-0.25, -0.2) is 0 Å². The highest BCUT2D eigenvalue weighted by atomic mass is 16.5. The fourth-order valence-electron chi connectivity index (χ4n) is 3.60. The minimum atomic E-state index is 0.298. The lowest BCUT2D eigenvalue weighted by molar-refractivity contribution is 0.306. The third-order valence-electron chi connectivity index (χ3n) is 5.81. The molecule has 0 unspecified atom stereocenters. The van der Waals surface area contributed by atoms with Gasteiger partial charge in [0, 0.05) is 5.92 Å². The minimum Gasteiger partial charge on any atom is -0.489 e. The van der Waals surface area contributed by atoms with Gasteiger partial charge in [0.2, 0.25) is 0 Å². The second-order valence-corrected chi connectivity index (χ2v) is 8.41. The van der Waals surface area contributed by atoms with Gasteiger partial charge >= 0.3 is 0 Å². The topological polar surface area (TPSA) is 18.5 Å². The number of ether oxygens (including phenoxy) is 2. The van der Waals surface area contributed by atoms with Crippen molar-refractivity contribution in [3.05, 3.63) is 130 Å². The molecule has 0 saturated heterocycles. The van der Waals surface area contributed by atoms with E-state index >= 15 is 0 Å². The highest BCUT2D eigenvalue weighted by Gasteiger charge is 2.09. The van der Waals surface area contributed by atoms with Crippen molar-refractivity contribution in [2.75, 3.05) is 0 Å². The van der Waals surface area contributed by atoms with E-state index in [1.54, 1.807) is 0 Å². The van der Waals surface area contributed by atoms with E-state index in [0.717, 1.165) is 11.5 Å². The van der Waals surface area contributed by atoms with Crippen LogP contribution in [0.5, 0.6) is 11.5 Å². The lowest BCUT2D eigenvalue weighted by Crippen LogP contribution is -1.99. The van der Waals surface area contributed by atoms with Crippen molar-refractivity contribution in [2.24, 2.45) is 0 Å². The zero-order valence-corrected chi connectivity index (χ0v) is 19.0. The summed E-state index contributed by atoms with van der Waals surface area (Å²) in [5.74, 6) is 2.08. The molecule has 0 aliphatic heterocycles. The Morgan fingerprint density at radius 3 is 1.19 bits per heavy atom. The molecular weight excluding hydrogens is 392 g/mol. The van der Waals surface area contributed by atoms with Crippen molar-refractivity contribution in [3.8, 4) is 11.5 Å². The zero-order valence-electron chi connectivity index (χ0n) is 19.0. The van der Waals surface area contributed by atoms with Gasteiger partial charge in [-0.1, -0.05) is 90.8 Å². The van der Waals surface area contributed by atoms with Crippen molar-refractivity contribution < 1.29 is 9.47 Å². The molecule has 4 aromatic rings. The third-order valence-corrected chi connectivity index (χ3v) is 5.81. The maximum absolute atomic E-state index is 5.94. The molecule has 32 heavy (non-hydrogen) atoms. The van der Waals surface area contributed by atoms with E-state index in [0.29, 0.717) is 19.1 Å². The Morgan fingerprint density at radius 1 is 0.500 bits per heavy atom. The SMILES string of the molecule is Cc1ccc(COc2ccc(C(C)c3ccc(OCc4ccc(C)cc4)cc3)cc2)cc1. The molecule has 0 spiro atoms. The van der Waals surface area contributed by atoms with E-state index in [2.05, 4.69) is 118 Å². The first-order valence-electron chi connectivity index (χ1n) is 11.1. The fourth-order valence-corrected chi connectivity index (χ4v) is 3.60. The first-order valence-corrected chi connectivity index (χ1v) is 11.1. The average molecular weight is 423 g/mol. The van der Waals surface area contributed by atoms with Crippen LogP contribution in [-0.4, -0.2) is 0 Å². The zero-order chi connectivity index (χ0) is 22.3. The smallest absolute Gasteiger partial charge is 0.119 e. The normalized spacial score (nSPS) is 10.9. The molecular formula is C30H30O2. The van der Waals surface area contributed by atoms with Crippen molar-refractivity contribution in [1.29, 1.82) is 0 Å². The van der Waals surface area contributed by atoms with E-state index in [1.165, 1.54) is 33.4 Å². The maximum atomic E-state index is 5.94. The molecule has 0 amide bonds. The summed E-state index contributed by atoms with van der Waals surface area (Å²) in [5.41, 5.74) is 7.41.